The second kappa shape index (κ2) is 18.0. The van der Waals surface area contributed by atoms with Crippen molar-refractivity contribution < 1.29 is 24.1 Å². The Kier molecular flexibility index (Phi) is 15.9. The number of hydrogen-bond donors (Lipinski definition) is 0. The predicted molar refractivity (Wildman–Crippen MR) is 144 cm³/mol. The molecule has 0 radical (unpaired) electrons. The van der Waals surface area contributed by atoms with Crippen molar-refractivity contribution >= 4 is 36.2 Å². The summed E-state index contributed by atoms with van der Waals surface area (Å²) in [5, 5.41) is 21.8. The molecular weight excluding hydrogens is 527 g/mol. The smallest absolute Gasteiger partial charge is 0.269 e. The molecule has 1 fully saturated rings. The zero-order valence-electron chi connectivity index (χ0n) is 20.6. The first-order valence-corrected chi connectivity index (χ1v) is 11.7. The number of halogens is 2. The molecule has 0 amide bonds. The van der Waals surface area contributed by atoms with E-state index in [0.29, 0.717) is 78.9 Å². The van der Waals surface area contributed by atoms with E-state index < -0.39 is 9.85 Å². The van der Waals surface area contributed by atoms with E-state index in [-0.39, 0.29) is 36.2 Å². The van der Waals surface area contributed by atoms with Crippen molar-refractivity contribution in [3.05, 3.63) is 79.9 Å². The van der Waals surface area contributed by atoms with Crippen LogP contribution in [0.4, 0.5) is 11.4 Å². The number of nitro benzene ring substituents is 2. The van der Waals surface area contributed by atoms with Gasteiger partial charge in [0, 0.05) is 63.5 Å². The lowest BCUT2D eigenvalue weighted by Crippen LogP contribution is -2.32. The molecule has 0 bridgehead atoms. The van der Waals surface area contributed by atoms with Gasteiger partial charge in [-0.1, -0.05) is 24.3 Å². The van der Waals surface area contributed by atoms with Crippen molar-refractivity contribution in [1.29, 1.82) is 0 Å². The highest BCUT2D eigenvalue weighted by Gasteiger charge is 2.12. The van der Waals surface area contributed by atoms with Gasteiger partial charge in [-0.3, -0.25) is 30.0 Å². The van der Waals surface area contributed by atoms with Gasteiger partial charge in [-0.25, -0.2) is 0 Å². The third-order valence-corrected chi connectivity index (χ3v) is 5.69. The highest BCUT2D eigenvalue weighted by Crippen LogP contribution is 2.15. The Hall–Kier alpha value is -2.38. The van der Waals surface area contributed by atoms with Crippen LogP contribution >= 0.6 is 24.8 Å². The van der Waals surface area contributed by atoms with Gasteiger partial charge < -0.3 is 14.2 Å². The Morgan fingerprint density at radius 1 is 0.568 bits per heavy atom. The van der Waals surface area contributed by atoms with Crippen LogP contribution in [0.15, 0.2) is 48.5 Å². The van der Waals surface area contributed by atoms with Gasteiger partial charge in [-0.05, 0) is 11.1 Å². The molecule has 3 rings (SSSR count). The Balaban J connectivity index is 0.00000342. The van der Waals surface area contributed by atoms with Crippen LogP contribution in [0.1, 0.15) is 11.1 Å². The summed E-state index contributed by atoms with van der Waals surface area (Å²) in [5.74, 6) is 0. The van der Waals surface area contributed by atoms with E-state index in [0.717, 1.165) is 11.1 Å². The molecule has 2 aromatic rings. The van der Waals surface area contributed by atoms with Crippen molar-refractivity contribution in [2.45, 2.75) is 13.1 Å². The van der Waals surface area contributed by atoms with Crippen LogP contribution < -0.4 is 0 Å². The lowest BCUT2D eigenvalue weighted by Gasteiger charge is -2.23. The summed E-state index contributed by atoms with van der Waals surface area (Å²) in [6.45, 7) is 7.36. The second-order valence-electron chi connectivity index (χ2n) is 8.24. The van der Waals surface area contributed by atoms with E-state index in [1.165, 1.54) is 24.3 Å². The van der Waals surface area contributed by atoms with E-state index in [9.17, 15) is 20.2 Å². The second-order valence-corrected chi connectivity index (χ2v) is 8.24. The van der Waals surface area contributed by atoms with Crippen LogP contribution in [0.5, 0.6) is 0 Å². The topological polar surface area (TPSA) is 120 Å². The van der Waals surface area contributed by atoms with Gasteiger partial charge in [-0.15, -0.1) is 24.8 Å². The molecule has 0 N–H and O–H groups in total. The molecule has 11 nitrogen and oxygen atoms in total. The minimum Gasteiger partial charge on any atom is -0.379 e. The highest BCUT2D eigenvalue weighted by molar-refractivity contribution is 5.85. The summed E-state index contributed by atoms with van der Waals surface area (Å²) in [6.07, 6.45) is 0. The van der Waals surface area contributed by atoms with Gasteiger partial charge in [-0.2, -0.15) is 0 Å². The zero-order valence-corrected chi connectivity index (χ0v) is 22.2. The van der Waals surface area contributed by atoms with Crippen molar-refractivity contribution in [1.82, 2.24) is 9.80 Å². The molecule has 0 aromatic heterocycles. The Bertz CT molecular complexity index is 860. The molecule has 0 saturated carbocycles. The van der Waals surface area contributed by atoms with E-state index in [2.05, 4.69) is 9.80 Å². The summed E-state index contributed by atoms with van der Waals surface area (Å²) in [6, 6.07) is 13.2. The molecule has 1 aliphatic rings. The van der Waals surface area contributed by atoms with Gasteiger partial charge in [0.25, 0.3) is 11.4 Å². The standard InChI is InChI=1S/C24H32N4O7.2ClH/c29-27(30)23-5-1-21(2-6-23)19-25-9-13-33-14-10-26(12-16-35-18-17-34-15-11-25)20-22-3-7-24(8-4-22)28(31)32;;/h1-8H,9-20H2;2*1H. The lowest BCUT2D eigenvalue weighted by molar-refractivity contribution is -0.385. The SMILES string of the molecule is Cl.Cl.O=[N+]([O-])c1ccc(CN2CCOCCOCCN(Cc3ccc([N+](=O)[O-])cc3)CCOCC2)cc1. The summed E-state index contributed by atoms with van der Waals surface area (Å²) in [4.78, 5) is 25.4. The minimum atomic E-state index is -0.400. The minimum absolute atomic E-state index is 0. The molecule has 13 heteroatoms. The number of benzene rings is 2. The average molecular weight is 561 g/mol. The van der Waals surface area contributed by atoms with E-state index in [1.807, 2.05) is 0 Å². The fourth-order valence-electron chi connectivity index (χ4n) is 3.70. The third-order valence-electron chi connectivity index (χ3n) is 5.69. The Labute approximate surface area is 228 Å². The van der Waals surface area contributed by atoms with Crippen molar-refractivity contribution in [3.8, 4) is 0 Å². The lowest BCUT2D eigenvalue weighted by atomic mass is 10.2. The van der Waals surface area contributed by atoms with Crippen LogP contribution in [0, 0.1) is 20.2 Å². The number of rotatable bonds is 6. The van der Waals surface area contributed by atoms with Crippen LogP contribution in [0.3, 0.4) is 0 Å². The van der Waals surface area contributed by atoms with Gasteiger partial charge in [0.1, 0.15) is 0 Å². The van der Waals surface area contributed by atoms with Gasteiger partial charge in [0.2, 0.25) is 0 Å². The molecule has 1 saturated heterocycles. The number of ether oxygens (including phenoxy) is 3. The number of nitro groups is 2. The largest absolute Gasteiger partial charge is 0.379 e. The maximum absolute atomic E-state index is 10.9. The maximum atomic E-state index is 10.9. The van der Waals surface area contributed by atoms with E-state index in [4.69, 9.17) is 14.2 Å². The quantitative estimate of drug-likeness (QED) is 0.384. The number of nitrogens with zero attached hydrogens (tertiary/aromatic N) is 4. The molecule has 0 spiro atoms. The molecular formula is C24H34Cl2N4O7. The first-order chi connectivity index (χ1) is 17.0. The monoisotopic (exact) mass is 560 g/mol. The molecule has 0 aliphatic carbocycles. The summed E-state index contributed by atoms with van der Waals surface area (Å²) in [5.41, 5.74) is 2.14. The number of hydrogen-bond acceptors (Lipinski definition) is 9. The third kappa shape index (κ3) is 12.1. The first kappa shape index (κ1) is 32.6. The molecule has 1 aliphatic heterocycles. The molecule has 1 heterocycles. The number of non-ortho nitro benzene ring substituents is 2. The summed E-state index contributed by atoms with van der Waals surface area (Å²) >= 11 is 0. The Morgan fingerprint density at radius 2 is 0.865 bits per heavy atom. The van der Waals surface area contributed by atoms with Gasteiger partial charge >= 0.3 is 0 Å². The van der Waals surface area contributed by atoms with Crippen molar-refractivity contribution in [3.63, 3.8) is 0 Å². The summed E-state index contributed by atoms with van der Waals surface area (Å²) in [7, 11) is 0. The van der Waals surface area contributed by atoms with Crippen LogP contribution in [0.2, 0.25) is 0 Å². The fourth-order valence-corrected chi connectivity index (χ4v) is 3.70. The Morgan fingerprint density at radius 3 is 1.16 bits per heavy atom. The zero-order chi connectivity index (χ0) is 24.9. The van der Waals surface area contributed by atoms with Crippen LogP contribution in [0.25, 0.3) is 0 Å². The van der Waals surface area contributed by atoms with E-state index in [1.54, 1.807) is 24.3 Å². The summed E-state index contributed by atoms with van der Waals surface area (Å²) < 4.78 is 17.3. The molecule has 2 aromatic carbocycles. The van der Waals surface area contributed by atoms with Crippen molar-refractivity contribution in [2.75, 3.05) is 65.8 Å². The average Bonchev–Trinajstić information content (AvgIpc) is 2.86. The van der Waals surface area contributed by atoms with Crippen LogP contribution in [-0.4, -0.2) is 85.5 Å². The molecule has 206 valence electrons. The molecule has 37 heavy (non-hydrogen) atoms. The van der Waals surface area contributed by atoms with Gasteiger partial charge in [0.05, 0.1) is 49.5 Å². The predicted octanol–water partition coefficient (Wildman–Crippen LogP) is 3.71. The first-order valence-electron chi connectivity index (χ1n) is 11.7. The normalized spacial score (nSPS) is 16.9. The van der Waals surface area contributed by atoms with Gasteiger partial charge in [0.15, 0.2) is 0 Å². The molecule has 0 unspecified atom stereocenters. The van der Waals surface area contributed by atoms with Crippen molar-refractivity contribution in [2.24, 2.45) is 0 Å². The van der Waals surface area contributed by atoms with Crippen LogP contribution in [-0.2, 0) is 27.3 Å². The molecule has 0 atom stereocenters. The fraction of sp³-hybridized carbons (Fsp3) is 0.500. The van der Waals surface area contributed by atoms with E-state index >= 15 is 0 Å². The maximum Gasteiger partial charge on any atom is 0.269 e. The highest BCUT2D eigenvalue weighted by atomic mass is 35.5.